The molecule has 1 aliphatic rings. The van der Waals surface area contributed by atoms with E-state index in [9.17, 15) is 0 Å². The summed E-state index contributed by atoms with van der Waals surface area (Å²) in [6.45, 7) is 0. The standard InChI is InChI=1S/C6H5N2Si/c7-8-5-1-3-6(9)4-2-5/h1,3-4H,2H2. The summed E-state index contributed by atoms with van der Waals surface area (Å²) in [6.07, 6.45) is 6.25. The van der Waals surface area contributed by atoms with Gasteiger partial charge in [0, 0.05) is 6.08 Å². The number of hydrogen-bond acceptors (Lipinski definition) is 0. The highest BCUT2D eigenvalue weighted by Gasteiger charge is 2.03. The van der Waals surface area contributed by atoms with Crippen molar-refractivity contribution in [1.29, 1.82) is 0 Å². The molecule has 9 heavy (non-hydrogen) atoms. The number of hydrogen-bond donors (Lipinski definition) is 0. The van der Waals surface area contributed by atoms with E-state index in [1.807, 2.05) is 12.2 Å². The molecule has 1 rings (SSSR count). The Bertz CT molecular complexity index is 221. The Morgan fingerprint density at radius 3 is 2.78 bits per heavy atom. The van der Waals surface area contributed by atoms with Crippen molar-refractivity contribution in [3.8, 4) is 0 Å². The Balaban J connectivity index is 2.81. The molecule has 1 aliphatic carbocycles. The lowest BCUT2D eigenvalue weighted by Gasteiger charge is -1.93. The molecule has 0 amide bonds. The third kappa shape index (κ3) is 1.49. The first-order chi connectivity index (χ1) is 4.33. The monoisotopic (exact) mass is 133 g/mol. The molecule has 0 aliphatic heterocycles. The van der Waals surface area contributed by atoms with Gasteiger partial charge in [-0.25, -0.2) is 0 Å². The lowest BCUT2D eigenvalue weighted by molar-refractivity contribution is -0.00538. The van der Waals surface area contributed by atoms with E-state index in [-0.39, 0.29) is 0 Å². The van der Waals surface area contributed by atoms with Crippen LogP contribution in [0.3, 0.4) is 0 Å². The predicted molar refractivity (Wildman–Crippen MR) is 36.2 cm³/mol. The molecular formula is C6H5N2Si. The second-order valence-corrected chi connectivity index (χ2v) is 2.37. The van der Waals surface area contributed by atoms with Gasteiger partial charge in [0.2, 0.25) is 0 Å². The fourth-order valence-electron chi connectivity index (χ4n) is 0.611. The van der Waals surface area contributed by atoms with Gasteiger partial charge in [-0.1, -0.05) is 17.3 Å². The van der Waals surface area contributed by atoms with Gasteiger partial charge in [-0.3, -0.25) is 0 Å². The molecule has 0 aromatic heterocycles. The topological polar surface area (TPSA) is 36.4 Å². The van der Waals surface area contributed by atoms with Crippen molar-refractivity contribution in [1.82, 2.24) is 0 Å². The first kappa shape index (κ1) is 6.20. The van der Waals surface area contributed by atoms with Crippen LogP contribution in [0.25, 0.3) is 5.53 Å². The molecule has 0 bridgehead atoms. The van der Waals surface area contributed by atoms with Crippen LogP contribution in [0.4, 0.5) is 0 Å². The first-order valence-electron chi connectivity index (χ1n) is 2.63. The highest BCUT2D eigenvalue weighted by molar-refractivity contribution is 6.24. The molecule has 43 valence electrons. The first-order valence-corrected chi connectivity index (χ1v) is 3.13. The quantitative estimate of drug-likeness (QED) is 0.264. The zero-order chi connectivity index (χ0) is 6.69. The molecule has 0 aromatic carbocycles. The summed E-state index contributed by atoms with van der Waals surface area (Å²) in [4.78, 5) is 3.05. The molecule has 3 heteroatoms. The maximum Gasteiger partial charge on any atom is 0.295 e. The van der Waals surface area contributed by atoms with Crippen LogP contribution in [0.5, 0.6) is 0 Å². The third-order valence-electron chi connectivity index (χ3n) is 1.11. The minimum absolute atomic E-state index is 0.692. The van der Waals surface area contributed by atoms with Crippen LogP contribution in [0.15, 0.2) is 23.4 Å². The Labute approximate surface area is 56.9 Å². The van der Waals surface area contributed by atoms with Gasteiger partial charge in [-0.05, 0) is 0 Å². The van der Waals surface area contributed by atoms with Crippen LogP contribution in [0.1, 0.15) is 6.42 Å². The minimum atomic E-state index is 0.692. The van der Waals surface area contributed by atoms with Crippen LogP contribution >= 0.6 is 0 Å². The van der Waals surface area contributed by atoms with E-state index in [4.69, 9.17) is 5.53 Å². The van der Waals surface area contributed by atoms with E-state index in [1.165, 1.54) is 0 Å². The van der Waals surface area contributed by atoms with Crippen molar-refractivity contribution in [3.63, 3.8) is 0 Å². The normalized spacial score (nSPS) is 17.0. The Kier molecular flexibility index (Phi) is 1.77. The summed E-state index contributed by atoms with van der Waals surface area (Å²) in [5.41, 5.74) is 8.96. The van der Waals surface area contributed by atoms with Crippen molar-refractivity contribution in [2.24, 2.45) is 0 Å². The largest absolute Gasteiger partial charge is 0.361 e. The third-order valence-corrected chi connectivity index (χ3v) is 1.49. The molecule has 0 N–H and O–H groups in total. The molecule has 3 radical (unpaired) electrons. The Hall–Kier alpha value is -0.923. The van der Waals surface area contributed by atoms with Gasteiger partial charge in [0.25, 0.3) is 5.71 Å². The van der Waals surface area contributed by atoms with Gasteiger partial charge in [-0.2, -0.15) is 4.79 Å². The number of rotatable bonds is 0. The lowest BCUT2D eigenvalue weighted by atomic mass is 10.2. The average Bonchev–Trinajstić information content (AvgIpc) is 1.90. The molecule has 2 nitrogen and oxygen atoms in total. The van der Waals surface area contributed by atoms with Crippen LogP contribution < -0.4 is 0 Å². The van der Waals surface area contributed by atoms with Crippen molar-refractivity contribution >= 4 is 16.0 Å². The molecular weight excluding hydrogens is 128 g/mol. The maximum absolute atomic E-state index is 8.27. The molecule has 0 atom stereocenters. The van der Waals surface area contributed by atoms with E-state index >= 15 is 0 Å². The molecule has 0 saturated heterocycles. The highest BCUT2D eigenvalue weighted by atomic mass is 28.1. The van der Waals surface area contributed by atoms with Gasteiger partial charge >= 0.3 is 0 Å². The van der Waals surface area contributed by atoms with Gasteiger partial charge in [0.05, 0.1) is 16.7 Å². The van der Waals surface area contributed by atoms with Crippen molar-refractivity contribution < 1.29 is 4.79 Å². The van der Waals surface area contributed by atoms with E-state index in [1.54, 1.807) is 6.08 Å². The highest BCUT2D eigenvalue weighted by Crippen LogP contribution is 2.01. The average molecular weight is 133 g/mol. The van der Waals surface area contributed by atoms with Crippen LogP contribution in [0, 0.1) is 0 Å². The van der Waals surface area contributed by atoms with E-state index < -0.39 is 0 Å². The molecule has 0 aromatic rings. The maximum atomic E-state index is 8.27. The van der Waals surface area contributed by atoms with E-state index in [2.05, 4.69) is 15.0 Å². The van der Waals surface area contributed by atoms with Gasteiger partial charge in [0.1, 0.15) is 0 Å². The van der Waals surface area contributed by atoms with Crippen LogP contribution in [-0.2, 0) is 0 Å². The zero-order valence-corrected chi connectivity index (χ0v) is 5.83. The summed E-state index contributed by atoms with van der Waals surface area (Å²) in [5, 5.41) is 1.03. The summed E-state index contributed by atoms with van der Waals surface area (Å²) in [5.74, 6) is 0. The van der Waals surface area contributed by atoms with E-state index in [0.29, 0.717) is 12.1 Å². The zero-order valence-electron chi connectivity index (χ0n) is 4.83. The minimum Gasteiger partial charge on any atom is -0.361 e. The smallest absolute Gasteiger partial charge is 0.295 e. The summed E-state index contributed by atoms with van der Waals surface area (Å²) >= 11 is 0. The summed E-state index contributed by atoms with van der Waals surface area (Å²) in [6, 6.07) is 0. The van der Waals surface area contributed by atoms with E-state index in [0.717, 1.165) is 5.20 Å². The van der Waals surface area contributed by atoms with Gasteiger partial charge < -0.3 is 5.53 Å². The summed E-state index contributed by atoms with van der Waals surface area (Å²) < 4.78 is 0. The Morgan fingerprint density at radius 1 is 1.56 bits per heavy atom. The van der Waals surface area contributed by atoms with Crippen molar-refractivity contribution in [3.05, 3.63) is 29.0 Å². The second kappa shape index (κ2) is 2.57. The molecule has 0 heterocycles. The molecule has 0 unspecified atom stereocenters. The SMILES string of the molecule is [N-]=[N+]=C1C=CC([Si])=CC1. The van der Waals surface area contributed by atoms with Crippen LogP contribution in [0.2, 0.25) is 0 Å². The molecule has 0 fully saturated rings. The number of nitrogens with zero attached hydrogens (tertiary/aromatic N) is 2. The van der Waals surface area contributed by atoms with Crippen LogP contribution in [-0.4, -0.2) is 20.7 Å². The second-order valence-electron chi connectivity index (χ2n) is 1.79. The van der Waals surface area contributed by atoms with Crippen molar-refractivity contribution in [2.45, 2.75) is 6.42 Å². The summed E-state index contributed by atoms with van der Waals surface area (Å²) in [7, 11) is 3.33. The Morgan fingerprint density at radius 2 is 2.33 bits per heavy atom. The fourth-order valence-corrected chi connectivity index (χ4v) is 0.796. The fraction of sp³-hybridized carbons (Fsp3) is 0.167. The molecule has 0 spiro atoms. The predicted octanol–water partition coefficient (Wildman–Crippen LogP) is 0.669. The molecule has 0 saturated carbocycles. The van der Waals surface area contributed by atoms with Gasteiger partial charge in [0.15, 0.2) is 0 Å². The number of allylic oxidation sites excluding steroid dienone is 4. The van der Waals surface area contributed by atoms with Gasteiger partial charge in [-0.15, -0.1) is 0 Å². The lowest BCUT2D eigenvalue weighted by Crippen LogP contribution is -1.97. The van der Waals surface area contributed by atoms with Crippen molar-refractivity contribution in [2.75, 3.05) is 0 Å².